The van der Waals surface area contributed by atoms with Crippen molar-refractivity contribution in [2.45, 2.75) is 45.2 Å². The summed E-state index contributed by atoms with van der Waals surface area (Å²) in [7, 11) is 3.67. The predicted octanol–water partition coefficient (Wildman–Crippen LogP) is 0.657. The van der Waals surface area contributed by atoms with Crippen LogP contribution in [0.3, 0.4) is 0 Å². The Balaban J connectivity index is 1.70. The van der Waals surface area contributed by atoms with Gasteiger partial charge in [-0.3, -0.25) is 14.3 Å². The van der Waals surface area contributed by atoms with E-state index in [0.29, 0.717) is 26.1 Å². The molecule has 2 saturated heterocycles. The number of aromatic nitrogens is 2. The molecule has 28 heavy (non-hydrogen) atoms. The van der Waals surface area contributed by atoms with Crippen LogP contribution in [0.2, 0.25) is 0 Å². The molecule has 0 saturated carbocycles. The number of ether oxygens (including phenoxy) is 1. The Morgan fingerprint density at radius 2 is 2.18 bits per heavy atom. The first-order chi connectivity index (χ1) is 13.5. The number of methoxy groups -OCH3 is 1. The van der Waals surface area contributed by atoms with Crippen molar-refractivity contribution in [3.05, 3.63) is 18.0 Å². The molecule has 156 valence electrons. The van der Waals surface area contributed by atoms with Gasteiger partial charge in [0.1, 0.15) is 0 Å². The van der Waals surface area contributed by atoms with Gasteiger partial charge in [0.05, 0.1) is 31.0 Å². The van der Waals surface area contributed by atoms with Gasteiger partial charge < -0.3 is 19.9 Å². The number of hydrogen-bond donors (Lipinski definition) is 1. The van der Waals surface area contributed by atoms with Crippen molar-refractivity contribution < 1.29 is 14.3 Å². The fourth-order valence-corrected chi connectivity index (χ4v) is 4.62. The van der Waals surface area contributed by atoms with Crippen molar-refractivity contribution in [3.8, 4) is 0 Å². The third-order valence-corrected chi connectivity index (χ3v) is 6.29. The molecule has 2 fully saturated rings. The molecule has 1 aromatic rings. The van der Waals surface area contributed by atoms with Crippen LogP contribution in [0.4, 0.5) is 0 Å². The molecule has 0 bridgehead atoms. The van der Waals surface area contributed by atoms with Crippen molar-refractivity contribution in [1.29, 1.82) is 0 Å². The number of aryl methyl sites for hydroxylation is 1. The monoisotopic (exact) mass is 391 g/mol. The lowest BCUT2D eigenvalue weighted by Crippen LogP contribution is -2.66. The van der Waals surface area contributed by atoms with Crippen LogP contribution in [0, 0.1) is 12.3 Å². The highest BCUT2D eigenvalue weighted by atomic mass is 16.5. The van der Waals surface area contributed by atoms with E-state index in [-0.39, 0.29) is 17.9 Å². The lowest BCUT2D eigenvalue weighted by molar-refractivity contribution is -0.154. The number of carbonyl (C=O) groups excluding carboxylic acids is 2. The van der Waals surface area contributed by atoms with E-state index >= 15 is 0 Å². The fraction of sp³-hybridized carbons (Fsp3) is 0.750. The standard InChI is InChI=1S/C20H33N5O3/c1-16-5-9-22-25(16)13-10-21-19(27)20-7-4-11-24(18(26)6-14-28-3)17(20)15-23(2)12-8-20/h5,9,17H,4,6-8,10-15H2,1-3H3,(H,21,27)/t17-,20+/m0/s1. The Morgan fingerprint density at radius 3 is 2.89 bits per heavy atom. The maximum atomic E-state index is 13.3. The molecule has 2 aliphatic heterocycles. The highest BCUT2D eigenvalue weighted by molar-refractivity contribution is 5.85. The van der Waals surface area contributed by atoms with E-state index < -0.39 is 5.41 Å². The van der Waals surface area contributed by atoms with Gasteiger partial charge in [-0.2, -0.15) is 5.10 Å². The molecular formula is C20H33N5O3. The van der Waals surface area contributed by atoms with Gasteiger partial charge >= 0.3 is 0 Å². The number of amides is 2. The van der Waals surface area contributed by atoms with Crippen molar-refractivity contribution in [3.63, 3.8) is 0 Å². The van der Waals surface area contributed by atoms with Crippen LogP contribution in [0.5, 0.6) is 0 Å². The van der Waals surface area contributed by atoms with Gasteiger partial charge in [0, 0.05) is 38.6 Å². The molecule has 2 aliphatic rings. The molecule has 8 nitrogen and oxygen atoms in total. The third kappa shape index (κ3) is 4.22. The summed E-state index contributed by atoms with van der Waals surface area (Å²) >= 11 is 0. The van der Waals surface area contributed by atoms with Gasteiger partial charge in [0.2, 0.25) is 11.8 Å². The second kappa shape index (κ2) is 9.05. The molecular weight excluding hydrogens is 358 g/mol. The number of fused-ring (bicyclic) bond motifs is 1. The Kier molecular flexibility index (Phi) is 6.72. The average molecular weight is 392 g/mol. The Hall–Kier alpha value is -1.93. The molecule has 2 amide bonds. The summed E-state index contributed by atoms with van der Waals surface area (Å²) < 4.78 is 6.98. The van der Waals surface area contributed by atoms with Crippen LogP contribution in [0.25, 0.3) is 0 Å². The molecule has 8 heteroatoms. The molecule has 2 atom stereocenters. The summed E-state index contributed by atoms with van der Waals surface area (Å²) in [5, 5.41) is 7.42. The van der Waals surface area contributed by atoms with Gasteiger partial charge in [-0.15, -0.1) is 0 Å². The van der Waals surface area contributed by atoms with Gasteiger partial charge in [0.25, 0.3) is 0 Å². The molecule has 0 radical (unpaired) electrons. The van der Waals surface area contributed by atoms with Crippen LogP contribution in [-0.2, 0) is 20.9 Å². The van der Waals surface area contributed by atoms with Crippen molar-refractivity contribution >= 4 is 11.8 Å². The number of likely N-dealkylation sites (tertiary alicyclic amines) is 2. The highest BCUT2D eigenvalue weighted by Crippen LogP contribution is 2.42. The minimum absolute atomic E-state index is 0.0733. The van der Waals surface area contributed by atoms with Gasteiger partial charge in [-0.1, -0.05) is 0 Å². The summed E-state index contributed by atoms with van der Waals surface area (Å²) in [6, 6.07) is 1.88. The maximum Gasteiger partial charge on any atom is 0.228 e. The molecule has 1 aromatic heterocycles. The normalized spacial score (nSPS) is 25.4. The van der Waals surface area contributed by atoms with E-state index in [0.717, 1.165) is 44.6 Å². The van der Waals surface area contributed by atoms with Crippen molar-refractivity contribution in [2.24, 2.45) is 5.41 Å². The number of nitrogens with zero attached hydrogens (tertiary/aromatic N) is 4. The van der Waals surface area contributed by atoms with Crippen LogP contribution in [-0.4, -0.2) is 84.4 Å². The van der Waals surface area contributed by atoms with E-state index in [2.05, 4.69) is 22.4 Å². The molecule has 0 unspecified atom stereocenters. The lowest BCUT2D eigenvalue weighted by atomic mass is 9.67. The second-order valence-electron chi connectivity index (χ2n) is 8.07. The number of carbonyl (C=O) groups is 2. The predicted molar refractivity (Wildman–Crippen MR) is 106 cm³/mol. The number of nitrogens with one attached hydrogen (secondary N) is 1. The first-order valence-electron chi connectivity index (χ1n) is 10.2. The van der Waals surface area contributed by atoms with Gasteiger partial charge in [0.15, 0.2) is 0 Å². The molecule has 1 N–H and O–H groups in total. The summed E-state index contributed by atoms with van der Waals surface area (Å²) in [5.41, 5.74) is 0.587. The zero-order chi connectivity index (χ0) is 20.1. The summed E-state index contributed by atoms with van der Waals surface area (Å²) in [4.78, 5) is 30.3. The minimum Gasteiger partial charge on any atom is -0.384 e. The summed E-state index contributed by atoms with van der Waals surface area (Å²) in [6.45, 7) is 5.96. The second-order valence-corrected chi connectivity index (χ2v) is 8.07. The van der Waals surface area contributed by atoms with Crippen molar-refractivity contribution in [1.82, 2.24) is 24.9 Å². The zero-order valence-electron chi connectivity index (χ0n) is 17.3. The topological polar surface area (TPSA) is 79.7 Å². The van der Waals surface area contributed by atoms with E-state index in [1.807, 2.05) is 22.6 Å². The van der Waals surface area contributed by atoms with E-state index in [1.54, 1.807) is 13.3 Å². The van der Waals surface area contributed by atoms with Crippen LogP contribution < -0.4 is 5.32 Å². The van der Waals surface area contributed by atoms with Crippen molar-refractivity contribution in [2.75, 3.05) is 46.9 Å². The first-order valence-corrected chi connectivity index (χ1v) is 10.2. The average Bonchev–Trinajstić information content (AvgIpc) is 3.10. The Bertz CT molecular complexity index is 691. The largest absolute Gasteiger partial charge is 0.384 e. The Morgan fingerprint density at radius 1 is 1.36 bits per heavy atom. The van der Waals surface area contributed by atoms with Crippen LogP contribution >= 0.6 is 0 Å². The third-order valence-electron chi connectivity index (χ3n) is 6.29. The quantitative estimate of drug-likeness (QED) is 0.739. The van der Waals surface area contributed by atoms with Gasteiger partial charge in [-0.05, 0) is 45.8 Å². The first kappa shape index (κ1) is 20.8. The Labute approximate surface area is 167 Å². The summed E-state index contributed by atoms with van der Waals surface area (Å²) in [5.74, 6) is 0.172. The molecule has 0 aliphatic carbocycles. The highest BCUT2D eigenvalue weighted by Gasteiger charge is 2.53. The summed E-state index contributed by atoms with van der Waals surface area (Å²) in [6.07, 6.45) is 4.63. The smallest absolute Gasteiger partial charge is 0.228 e. The minimum atomic E-state index is -0.493. The number of likely N-dealkylation sites (N-methyl/N-ethyl adjacent to an activating group) is 1. The molecule has 0 aromatic carbocycles. The zero-order valence-corrected chi connectivity index (χ0v) is 17.3. The van der Waals surface area contributed by atoms with Gasteiger partial charge in [-0.25, -0.2) is 0 Å². The number of rotatable bonds is 7. The van der Waals surface area contributed by atoms with Crippen LogP contribution in [0.15, 0.2) is 12.3 Å². The lowest BCUT2D eigenvalue weighted by Gasteiger charge is -2.53. The SMILES string of the molecule is COCCC(=O)N1CCC[C@@]2(C(=O)NCCn3nccc3C)CCN(C)C[C@H]12. The fourth-order valence-electron chi connectivity index (χ4n) is 4.62. The van der Waals surface area contributed by atoms with E-state index in [9.17, 15) is 9.59 Å². The number of hydrogen-bond acceptors (Lipinski definition) is 5. The van der Waals surface area contributed by atoms with E-state index in [1.165, 1.54) is 0 Å². The van der Waals surface area contributed by atoms with Crippen LogP contribution in [0.1, 0.15) is 31.4 Å². The van der Waals surface area contributed by atoms with E-state index in [4.69, 9.17) is 4.74 Å². The molecule has 3 rings (SSSR count). The maximum absolute atomic E-state index is 13.3. The number of piperidine rings is 2. The molecule has 0 spiro atoms. The molecule has 3 heterocycles.